The van der Waals surface area contributed by atoms with Crippen LogP contribution < -0.4 is 5.73 Å². The summed E-state index contributed by atoms with van der Waals surface area (Å²) in [6.45, 7) is 0. The number of nitrogens with zero attached hydrogens (tertiary/aromatic N) is 2. The van der Waals surface area contributed by atoms with Gasteiger partial charge in [-0.05, 0) is 24.3 Å². The van der Waals surface area contributed by atoms with Crippen molar-refractivity contribution in [1.82, 2.24) is 9.97 Å². The maximum absolute atomic E-state index is 13.6. The number of nitrogens with two attached hydrogens (primary N) is 1. The van der Waals surface area contributed by atoms with Gasteiger partial charge in [-0.1, -0.05) is 6.07 Å². The first kappa shape index (κ1) is 10.7. The molecule has 0 saturated heterocycles. The van der Waals surface area contributed by atoms with Crippen LogP contribution in [0.5, 0.6) is 0 Å². The SMILES string of the molecule is Nc1cncc(-c2cc(F)cc3cccnc23)c1. The van der Waals surface area contributed by atoms with Crippen molar-refractivity contribution in [3.63, 3.8) is 0 Å². The van der Waals surface area contributed by atoms with Gasteiger partial charge in [0.05, 0.1) is 11.2 Å². The molecule has 0 aliphatic heterocycles. The van der Waals surface area contributed by atoms with E-state index in [9.17, 15) is 4.39 Å². The highest BCUT2D eigenvalue weighted by atomic mass is 19.1. The van der Waals surface area contributed by atoms with Crippen molar-refractivity contribution in [3.8, 4) is 11.1 Å². The monoisotopic (exact) mass is 239 g/mol. The van der Waals surface area contributed by atoms with Gasteiger partial charge in [0.15, 0.2) is 0 Å². The molecule has 0 radical (unpaired) electrons. The molecular formula is C14H10FN3. The number of anilines is 1. The van der Waals surface area contributed by atoms with E-state index in [1.165, 1.54) is 12.1 Å². The summed E-state index contributed by atoms with van der Waals surface area (Å²) >= 11 is 0. The Labute approximate surface area is 103 Å². The van der Waals surface area contributed by atoms with Crippen molar-refractivity contribution in [2.75, 3.05) is 5.73 Å². The van der Waals surface area contributed by atoms with E-state index in [1.807, 2.05) is 6.07 Å². The molecule has 0 unspecified atom stereocenters. The van der Waals surface area contributed by atoms with Crippen LogP contribution in [0.3, 0.4) is 0 Å². The quantitative estimate of drug-likeness (QED) is 0.710. The molecular weight excluding hydrogens is 229 g/mol. The number of fused-ring (bicyclic) bond motifs is 1. The summed E-state index contributed by atoms with van der Waals surface area (Å²) in [5.41, 5.74) is 8.45. The Kier molecular flexibility index (Phi) is 2.41. The lowest BCUT2D eigenvalue weighted by Gasteiger charge is -2.06. The zero-order valence-electron chi connectivity index (χ0n) is 9.47. The van der Waals surface area contributed by atoms with Gasteiger partial charge in [0.1, 0.15) is 5.82 Å². The molecule has 0 saturated carbocycles. The second-order valence-electron chi connectivity index (χ2n) is 4.04. The van der Waals surface area contributed by atoms with Crippen molar-refractivity contribution in [3.05, 3.63) is 54.7 Å². The minimum Gasteiger partial charge on any atom is -0.397 e. The van der Waals surface area contributed by atoms with Gasteiger partial charge in [-0.3, -0.25) is 9.97 Å². The van der Waals surface area contributed by atoms with Crippen LogP contribution in [0.1, 0.15) is 0 Å². The third kappa shape index (κ3) is 1.78. The molecule has 1 aromatic carbocycles. The smallest absolute Gasteiger partial charge is 0.124 e. The fraction of sp³-hybridized carbons (Fsp3) is 0. The Bertz CT molecular complexity index is 725. The fourth-order valence-electron chi connectivity index (χ4n) is 1.98. The molecule has 0 bridgehead atoms. The van der Waals surface area contributed by atoms with Crippen LogP contribution in [0.15, 0.2) is 48.9 Å². The molecule has 0 fully saturated rings. The summed E-state index contributed by atoms with van der Waals surface area (Å²) in [6.07, 6.45) is 4.89. The average molecular weight is 239 g/mol. The first-order valence-corrected chi connectivity index (χ1v) is 5.49. The highest BCUT2D eigenvalue weighted by Gasteiger charge is 2.08. The number of aromatic nitrogens is 2. The van der Waals surface area contributed by atoms with Gasteiger partial charge in [0, 0.05) is 35.1 Å². The molecule has 4 heteroatoms. The summed E-state index contributed by atoms with van der Waals surface area (Å²) in [6, 6.07) is 8.28. The zero-order chi connectivity index (χ0) is 12.5. The van der Waals surface area contributed by atoms with Crippen LogP contribution in [0, 0.1) is 5.82 Å². The number of benzene rings is 1. The Morgan fingerprint density at radius 3 is 2.83 bits per heavy atom. The molecule has 0 spiro atoms. The van der Waals surface area contributed by atoms with Crippen LogP contribution in [-0.4, -0.2) is 9.97 Å². The molecule has 0 aliphatic rings. The number of nitrogen functional groups attached to an aromatic ring is 1. The van der Waals surface area contributed by atoms with Crippen LogP contribution in [0.4, 0.5) is 10.1 Å². The number of hydrogen-bond donors (Lipinski definition) is 1. The Balaban J connectivity index is 2.34. The first-order valence-electron chi connectivity index (χ1n) is 5.49. The van der Waals surface area contributed by atoms with E-state index in [0.717, 1.165) is 16.5 Å². The van der Waals surface area contributed by atoms with Crippen molar-refractivity contribution >= 4 is 16.6 Å². The molecule has 88 valence electrons. The highest BCUT2D eigenvalue weighted by Crippen LogP contribution is 2.28. The van der Waals surface area contributed by atoms with Crippen LogP contribution in [0.2, 0.25) is 0 Å². The van der Waals surface area contributed by atoms with E-state index in [1.54, 1.807) is 30.7 Å². The first-order chi connectivity index (χ1) is 8.74. The maximum atomic E-state index is 13.6. The van der Waals surface area contributed by atoms with Gasteiger partial charge in [-0.15, -0.1) is 0 Å². The molecule has 2 N–H and O–H groups in total. The summed E-state index contributed by atoms with van der Waals surface area (Å²) in [5.74, 6) is -0.298. The van der Waals surface area contributed by atoms with Crippen molar-refractivity contribution in [2.45, 2.75) is 0 Å². The van der Waals surface area contributed by atoms with Crippen LogP contribution >= 0.6 is 0 Å². The molecule has 3 rings (SSSR count). The topological polar surface area (TPSA) is 51.8 Å². The molecule has 0 aliphatic carbocycles. The molecule has 2 heterocycles. The summed E-state index contributed by atoms with van der Waals surface area (Å²) < 4.78 is 13.6. The third-order valence-corrected chi connectivity index (χ3v) is 2.74. The van der Waals surface area contributed by atoms with Crippen molar-refractivity contribution in [1.29, 1.82) is 0 Å². The van der Waals surface area contributed by atoms with E-state index in [0.29, 0.717) is 11.3 Å². The predicted octanol–water partition coefficient (Wildman–Crippen LogP) is 3.02. The lowest BCUT2D eigenvalue weighted by Crippen LogP contribution is -1.91. The molecule has 3 aromatic rings. The molecule has 3 nitrogen and oxygen atoms in total. The maximum Gasteiger partial charge on any atom is 0.124 e. The van der Waals surface area contributed by atoms with Gasteiger partial charge >= 0.3 is 0 Å². The van der Waals surface area contributed by atoms with Crippen LogP contribution in [0.25, 0.3) is 22.0 Å². The second-order valence-corrected chi connectivity index (χ2v) is 4.04. The average Bonchev–Trinajstić information content (AvgIpc) is 2.37. The molecule has 0 atom stereocenters. The number of pyridine rings is 2. The van der Waals surface area contributed by atoms with E-state index < -0.39 is 0 Å². The van der Waals surface area contributed by atoms with Crippen molar-refractivity contribution < 1.29 is 4.39 Å². The minimum atomic E-state index is -0.298. The standard InChI is InChI=1S/C14H10FN3/c15-11-4-9-2-1-3-18-14(9)13(6-11)10-5-12(16)8-17-7-10/h1-8H,16H2. The molecule has 2 aromatic heterocycles. The molecule has 18 heavy (non-hydrogen) atoms. The second kappa shape index (κ2) is 4.07. The van der Waals surface area contributed by atoms with Gasteiger partial charge in [0.2, 0.25) is 0 Å². The normalized spacial score (nSPS) is 10.7. The van der Waals surface area contributed by atoms with E-state index in [2.05, 4.69) is 9.97 Å². The van der Waals surface area contributed by atoms with Gasteiger partial charge in [-0.2, -0.15) is 0 Å². The number of halogens is 1. The number of rotatable bonds is 1. The lowest BCUT2D eigenvalue weighted by atomic mass is 10.0. The Morgan fingerprint density at radius 2 is 2.00 bits per heavy atom. The van der Waals surface area contributed by atoms with E-state index >= 15 is 0 Å². The van der Waals surface area contributed by atoms with Crippen LogP contribution in [-0.2, 0) is 0 Å². The summed E-state index contributed by atoms with van der Waals surface area (Å²) in [7, 11) is 0. The van der Waals surface area contributed by atoms with E-state index in [4.69, 9.17) is 5.73 Å². The van der Waals surface area contributed by atoms with E-state index in [-0.39, 0.29) is 5.82 Å². The zero-order valence-corrected chi connectivity index (χ0v) is 9.47. The molecule has 0 amide bonds. The lowest BCUT2D eigenvalue weighted by molar-refractivity contribution is 0.630. The van der Waals surface area contributed by atoms with Crippen molar-refractivity contribution in [2.24, 2.45) is 0 Å². The fourth-order valence-corrected chi connectivity index (χ4v) is 1.98. The summed E-state index contributed by atoms with van der Waals surface area (Å²) in [5, 5.41) is 0.759. The predicted molar refractivity (Wildman–Crippen MR) is 69.3 cm³/mol. The largest absolute Gasteiger partial charge is 0.397 e. The number of hydrogen-bond acceptors (Lipinski definition) is 3. The third-order valence-electron chi connectivity index (χ3n) is 2.74. The van der Waals surface area contributed by atoms with Gasteiger partial charge < -0.3 is 5.73 Å². The van der Waals surface area contributed by atoms with Gasteiger partial charge in [-0.25, -0.2) is 4.39 Å². The minimum absolute atomic E-state index is 0.298. The highest BCUT2D eigenvalue weighted by molar-refractivity contribution is 5.93. The Hall–Kier alpha value is -2.49. The summed E-state index contributed by atoms with van der Waals surface area (Å²) in [4.78, 5) is 8.31. The van der Waals surface area contributed by atoms with Gasteiger partial charge in [0.25, 0.3) is 0 Å². The Morgan fingerprint density at radius 1 is 1.11 bits per heavy atom.